The summed E-state index contributed by atoms with van der Waals surface area (Å²) in [6, 6.07) is 2.89. The maximum atomic E-state index is 12.7. The van der Waals surface area contributed by atoms with Gasteiger partial charge in [0.25, 0.3) is 5.91 Å². The highest BCUT2D eigenvalue weighted by Crippen LogP contribution is 2.29. The minimum Gasteiger partial charge on any atom is -0.335 e. The number of carbonyl (C=O) groups excluding carboxylic acids is 1. The van der Waals surface area contributed by atoms with E-state index in [1.807, 2.05) is 13.8 Å². The zero-order chi connectivity index (χ0) is 16.7. The number of benzene rings is 1. The van der Waals surface area contributed by atoms with Crippen LogP contribution in [0.5, 0.6) is 0 Å². The van der Waals surface area contributed by atoms with Crippen LogP contribution in [0.25, 0.3) is 0 Å². The van der Waals surface area contributed by atoms with Crippen molar-refractivity contribution in [3.8, 4) is 0 Å². The van der Waals surface area contributed by atoms with Gasteiger partial charge in [-0.05, 0) is 26.0 Å². The second-order valence-electron chi connectivity index (χ2n) is 5.71. The number of piperazine rings is 1. The quantitative estimate of drug-likeness (QED) is 0.873. The Hall–Kier alpha value is -0.820. The minimum absolute atomic E-state index is 0.0195. The third-order valence-electron chi connectivity index (χ3n) is 3.50. The second kappa shape index (κ2) is 6.35. The molecule has 1 heterocycles. The molecule has 0 aromatic heterocycles. The van der Waals surface area contributed by atoms with Gasteiger partial charge in [0, 0.05) is 31.4 Å². The first-order valence-electron chi connectivity index (χ1n) is 6.84. The third kappa shape index (κ3) is 3.74. The summed E-state index contributed by atoms with van der Waals surface area (Å²) in [5.74, 6) is -0.285. The van der Waals surface area contributed by atoms with E-state index in [1.54, 1.807) is 4.90 Å². The fraction of sp³-hybridized carbons (Fsp3) is 0.500. The number of rotatable bonds is 2. The van der Waals surface area contributed by atoms with Crippen LogP contribution in [0.2, 0.25) is 10.0 Å². The summed E-state index contributed by atoms with van der Waals surface area (Å²) in [6.45, 7) is 5.05. The zero-order valence-electron chi connectivity index (χ0n) is 12.6. The SMILES string of the molecule is C[C@@H]1CN(C(=O)c2cc(S(C)(=O)=O)c(Cl)cc2Cl)C[C@H](C)N1. The first kappa shape index (κ1) is 17.5. The first-order chi connectivity index (χ1) is 10.1. The lowest BCUT2D eigenvalue weighted by Gasteiger charge is -2.36. The molecule has 8 heteroatoms. The fourth-order valence-electron chi connectivity index (χ4n) is 2.64. The van der Waals surface area contributed by atoms with Gasteiger partial charge < -0.3 is 10.2 Å². The van der Waals surface area contributed by atoms with Crippen molar-refractivity contribution >= 4 is 38.9 Å². The van der Waals surface area contributed by atoms with Crippen molar-refractivity contribution in [1.82, 2.24) is 10.2 Å². The maximum absolute atomic E-state index is 12.7. The summed E-state index contributed by atoms with van der Waals surface area (Å²) < 4.78 is 23.5. The van der Waals surface area contributed by atoms with Gasteiger partial charge in [0.15, 0.2) is 9.84 Å². The molecule has 1 fully saturated rings. The first-order valence-corrected chi connectivity index (χ1v) is 9.48. The Kier molecular flexibility index (Phi) is 5.06. The van der Waals surface area contributed by atoms with Gasteiger partial charge in [0.1, 0.15) is 0 Å². The van der Waals surface area contributed by atoms with E-state index in [9.17, 15) is 13.2 Å². The van der Waals surface area contributed by atoms with Gasteiger partial charge in [-0.3, -0.25) is 4.79 Å². The zero-order valence-corrected chi connectivity index (χ0v) is 14.9. The van der Waals surface area contributed by atoms with Gasteiger partial charge in [-0.1, -0.05) is 23.2 Å². The molecule has 0 radical (unpaired) electrons. The van der Waals surface area contributed by atoms with Gasteiger partial charge in [-0.25, -0.2) is 8.42 Å². The summed E-state index contributed by atoms with van der Waals surface area (Å²) in [6.07, 6.45) is 1.05. The molecule has 5 nitrogen and oxygen atoms in total. The summed E-state index contributed by atoms with van der Waals surface area (Å²) >= 11 is 12.0. The number of carbonyl (C=O) groups is 1. The van der Waals surface area contributed by atoms with E-state index < -0.39 is 9.84 Å². The van der Waals surface area contributed by atoms with Crippen molar-refractivity contribution in [2.24, 2.45) is 0 Å². The summed E-state index contributed by atoms with van der Waals surface area (Å²) in [4.78, 5) is 14.3. The van der Waals surface area contributed by atoms with Crippen LogP contribution in [0, 0.1) is 0 Å². The van der Waals surface area contributed by atoms with Crippen LogP contribution < -0.4 is 5.32 Å². The van der Waals surface area contributed by atoms with Crippen molar-refractivity contribution in [1.29, 1.82) is 0 Å². The van der Waals surface area contributed by atoms with Crippen LogP contribution in [0.4, 0.5) is 0 Å². The molecule has 1 aromatic carbocycles. The van der Waals surface area contributed by atoms with E-state index in [1.165, 1.54) is 12.1 Å². The molecule has 22 heavy (non-hydrogen) atoms. The molecule has 0 aliphatic carbocycles. The third-order valence-corrected chi connectivity index (χ3v) is 5.37. The Bertz CT molecular complexity index is 696. The molecule has 1 amide bonds. The predicted molar refractivity (Wildman–Crippen MR) is 87.5 cm³/mol. The lowest BCUT2D eigenvalue weighted by Crippen LogP contribution is -2.55. The molecular formula is C14H18Cl2N2O3S. The normalized spacial score (nSPS) is 22.7. The van der Waals surface area contributed by atoms with Crippen molar-refractivity contribution < 1.29 is 13.2 Å². The Morgan fingerprint density at radius 3 is 2.23 bits per heavy atom. The Morgan fingerprint density at radius 2 is 1.73 bits per heavy atom. The van der Waals surface area contributed by atoms with E-state index in [2.05, 4.69) is 5.32 Å². The molecule has 0 unspecified atom stereocenters. The average Bonchev–Trinajstić information content (AvgIpc) is 2.35. The van der Waals surface area contributed by atoms with E-state index in [0.717, 1.165) is 6.26 Å². The van der Waals surface area contributed by atoms with Crippen LogP contribution in [0.15, 0.2) is 17.0 Å². The highest BCUT2D eigenvalue weighted by Gasteiger charge is 2.28. The van der Waals surface area contributed by atoms with E-state index in [-0.39, 0.29) is 38.5 Å². The van der Waals surface area contributed by atoms with Crippen molar-refractivity contribution in [2.75, 3.05) is 19.3 Å². The van der Waals surface area contributed by atoms with Crippen LogP contribution in [0.3, 0.4) is 0 Å². The fourth-order valence-corrected chi connectivity index (χ4v) is 4.27. The molecule has 1 aromatic rings. The van der Waals surface area contributed by atoms with Gasteiger partial charge >= 0.3 is 0 Å². The molecule has 1 aliphatic rings. The highest BCUT2D eigenvalue weighted by atomic mass is 35.5. The number of nitrogens with zero attached hydrogens (tertiary/aromatic N) is 1. The van der Waals surface area contributed by atoms with Crippen LogP contribution in [0.1, 0.15) is 24.2 Å². The van der Waals surface area contributed by atoms with E-state index in [4.69, 9.17) is 23.2 Å². The minimum atomic E-state index is -3.53. The molecule has 122 valence electrons. The summed E-state index contributed by atoms with van der Waals surface area (Å²) in [5, 5.41) is 3.50. The number of halogens is 2. The van der Waals surface area contributed by atoms with Crippen molar-refractivity contribution in [2.45, 2.75) is 30.8 Å². The number of sulfone groups is 1. The topological polar surface area (TPSA) is 66.5 Å². The molecule has 2 atom stereocenters. The number of hydrogen-bond acceptors (Lipinski definition) is 4. The van der Waals surface area contributed by atoms with E-state index in [0.29, 0.717) is 13.1 Å². The molecule has 0 bridgehead atoms. The lowest BCUT2D eigenvalue weighted by molar-refractivity contribution is 0.0673. The molecule has 0 spiro atoms. The number of hydrogen-bond donors (Lipinski definition) is 1. The Labute approximate surface area is 140 Å². The van der Waals surface area contributed by atoms with Crippen molar-refractivity contribution in [3.63, 3.8) is 0 Å². The molecule has 2 rings (SSSR count). The maximum Gasteiger partial charge on any atom is 0.255 e. The molecule has 1 N–H and O–H groups in total. The van der Waals surface area contributed by atoms with Crippen LogP contribution >= 0.6 is 23.2 Å². The molecule has 0 saturated carbocycles. The Morgan fingerprint density at radius 1 is 1.18 bits per heavy atom. The lowest BCUT2D eigenvalue weighted by atomic mass is 10.1. The van der Waals surface area contributed by atoms with Crippen LogP contribution in [-0.4, -0.2) is 50.7 Å². The van der Waals surface area contributed by atoms with Gasteiger partial charge in [-0.2, -0.15) is 0 Å². The van der Waals surface area contributed by atoms with Crippen molar-refractivity contribution in [3.05, 3.63) is 27.7 Å². The highest BCUT2D eigenvalue weighted by molar-refractivity contribution is 7.90. The molecule has 1 aliphatic heterocycles. The van der Waals surface area contributed by atoms with Crippen LogP contribution in [-0.2, 0) is 9.84 Å². The largest absolute Gasteiger partial charge is 0.335 e. The number of amides is 1. The van der Waals surface area contributed by atoms with E-state index >= 15 is 0 Å². The molecule has 1 saturated heterocycles. The summed E-state index contributed by atoms with van der Waals surface area (Å²) in [5.41, 5.74) is 0.160. The standard InChI is InChI=1S/C14H18Cl2N2O3S/c1-8-6-18(7-9(2)17-8)14(19)10-4-13(22(3,20)21)12(16)5-11(10)15/h4-5,8-9,17H,6-7H2,1-3H3/t8-,9+. The Balaban J connectivity index is 2.41. The van der Waals surface area contributed by atoms with Gasteiger partial charge in [-0.15, -0.1) is 0 Å². The summed E-state index contributed by atoms with van der Waals surface area (Å²) in [7, 11) is -3.53. The molecular weight excluding hydrogens is 347 g/mol. The predicted octanol–water partition coefficient (Wildman–Crippen LogP) is 2.22. The number of nitrogens with one attached hydrogen (secondary N) is 1. The monoisotopic (exact) mass is 364 g/mol. The second-order valence-corrected chi connectivity index (χ2v) is 8.51. The van der Waals surface area contributed by atoms with Gasteiger partial charge in [0.2, 0.25) is 0 Å². The van der Waals surface area contributed by atoms with Gasteiger partial charge in [0.05, 0.1) is 20.5 Å². The smallest absolute Gasteiger partial charge is 0.255 e. The average molecular weight is 365 g/mol.